The molecule has 2 atom stereocenters. The van der Waals surface area contributed by atoms with E-state index in [-0.39, 0.29) is 6.10 Å². The van der Waals surface area contributed by atoms with Gasteiger partial charge in [0.1, 0.15) is 0 Å². The highest BCUT2D eigenvalue weighted by atomic mass is 16.3. The summed E-state index contributed by atoms with van der Waals surface area (Å²) < 4.78 is 2.08. The molecule has 0 aliphatic heterocycles. The van der Waals surface area contributed by atoms with Crippen LogP contribution in [0, 0.1) is 6.92 Å². The normalized spacial score (nSPS) is 23.6. The van der Waals surface area contributed by atoms with Crippen molar-refractivity contribution in [3.63, 3.8) is 0 Å². The van der Waals surface area contributed by atoms with Gasteiger partial charge in [0.15, 0.2) is 0 Å². The molecule has 1 aromatic heterocycles. The van der Waals surface area contributed by atoms with E-state index in [2.05, 4.69) is 43.8 Å². The van der Waals surface area contributed by atoms with Gasteiger partial charge < -0.3 is 5.11 Å². The highest BCUT2D eigenvalue weighted by Crippen LogP contribution is 2.30. The molecule has 3 nitrogen and oxygen atoms in total. The zero-order valence-corrected chi connectivity index (χ0v) is 12.6. The summed E-state index contributed by atoms with van der Waals surface area (Å²) in [6.07, 6.45) is 6.00. The predicted molar refractivity (Wildman–Crippen MR) is 82.1 cm³/mol. The molecule has 1 aliphatic rings. The highest BCUT2D eigenvalue weighted by molar-refractivity contribution is 5.80. The minimum atomic E-state index is -0.158. The fourth-order valence-corrected chi connectivity index (χ4v) is 3.40. The lowest BCUT2D eigenvalue weighted by Gasteiger charge is -2.25. The Morgan fingerprint density at radius 2 is 2.10 bits per heavy atom. The quantitative estimate of drug-likeness (QED) is 0.899. The highest BCUT2D eigenvalue weighted by Gasteiger charge is 2.22. The maximum atomic E-state index is 9.84. The molecule has 0 bridgehead atoms. The zero-order chi connectivity index (χ0) is 14.3. The molecular weight excluding hydrogens is 248 g/mol. The Labute approximate surface area is 120 Å². The van der Waals surface area contributed by atoms with Gasteiger partial charge in [-0.3, -0.25) is 4.68 Å². The van der Waals surface area contributed by atoms with Gasteiger partial charge in [-0.1, -0.05) is 13.8 Å². The summed E-state index contributed by atoms with van der Waals surface area (Å²) in [7, 11) is 0. The monoisotopic (exact) mass is 272 g/mol. The van der Waals surface area contributed by atoms with Crippen LogP contribution in [-0.2, 0) is 0 Å². The van der Waals surface area contributed by atoms with Crippen LogP contribution in [0.15, 0.2) is 18.3 Å². The van der Waals surface area contributed by atoms with Crippen molar-refractivity contribution in [1.82, 2.24) is 9.78 Å². The molecule has 0 saturated heterocycles. The smallest absolute Gasteiger partial charge is 0.0926 e. The van der Waals surface area contributed by atoms with Crippen molar-refractivity contribution in [2.45, 2.75) is 64.5 Å². The average Bonchev–Trinajstić information content (AvgIpc) is 2.80. The van der Waals surface area contributed by atoms with Gasteiger partial charge in [-0.15, -0.1) is 0 Å². The molecule has 0 unspecified atom stereocenters. The topological polar surface area (TPSA) is 38.0 Å². The van der Waals surface area contributed by atoms with Gasteiger partial charge in [0.25, 0.3) is 0 Å². The molecule has 1 fully saturated rings. The van der Waals surface area contributed by atoms with E-state index in [1.165, 1.54) is 16.5 Å². The van der Waals surface area contributed by atoms with E-state index >= 15 is 0 Å². The average molecular weight is 272 g/mol. The number of hydrogen-bond acceptors (Lipinski definition) is 2. The molecule has 2 aromatic rings. The number of rotatable bonds is 2. The van der Waals surface area contributed by atoms with Crippen LogP contribution in [0.1, 0.15) is 62.6 Å². The van der Waals surface area contributed by atoms with E-state index in [4.69, 9.17) is 5.10 Å². The first kappa shape index (κ1) is 13.6. The van der Waals surface area contributed by atoms with Gasteiger partial charge in [-0.05, 0) is 61.8 Å². The first-order valence-electron chi connectivity index (χ1n) is 7.72. The summed E-state index contributed by atoms with van der Waals surface area (Å²) in [5.41, 5.74) is 3.80. The lowest BCUT2D eigenvalue weighted by atomic mass is 9.93. The van der Waals surface area contributed by atoms with E-state index in [1.54, 1.807) is 0 Å². The number of hydrogen-bond donors (Lipinski definition) is 1. The molecule has 108 valence electrons. The summed E-state index contributed by atoms with van der Waals surface area (Å²) in [6, 6.07) is 4.83. The Morgan fingerprint density at radius 3 is 2.80 bits per heavy atom. The van der Waals surface area contributed by atoms with Crippen molar-refractivity contribution in [2.75, 3.05) is 0 Å². The molecule has 20 heavy (non-hydrogen) atoms. The molecule has 1 heterocycles. The summed E-state index contributed by atoms with van der Waals surface area (Å²) in [4.78, 5) is 0. The van der Waals surface area contributed by atoms with E-state index in [0.29, 0.717) is 12.0 Å². The van der Waals surface area contributed by atoms with Crippen LogP contribution in [0.3, 0.4) is 0 Å². The van der Waals surface area contributed by atoms with Crippen LogP contribution < -0.4 is 0 Å². The molecule has 0 radical (unpaired) electrons. The van der Waals surface area contributed by atoms with Gasteiger partial charge in [0.2, 0.25) is 0 Å². The lowest BCUT2D eigenvalue weighted by molar-refractivity contribution is 0.100. The SMILES string of the molecule is Cc1cc2nn([C@H]3CCC[C@H](O)C3)cc2cc1C(C)C. The van der Waals surface area contributed by atoms with E-state index in [9.17, 15) is 5.11 Å². The van der Waals surface area contributed by atoms with Gasteiger partial charge in [-0.2, -0.15) is 5.10 Å². The summed E-state index contributed by atoms with van der Waals surface area (Å²) in [5, 5.41) is 15.8. The number of fused-ring (bicyclic) bond motifs is 1. The van der Waals surface area contributed by atoms with Gasteiger partial charge in [0.05, 0.1) is 17.7 Å². The van der Waals surface area contributed by atoms with Gasteiger partial charge in [-0.25, -0.2) is 0 Å². The second-order valence-corrected chi connectivity index (χ2v) is 6.51. The van der Waals surface area contributed by atoms with Crippen molar-refractivity contribution in [3.05, 3.63) is 29.5 Å². The maximum Gasteiger partial charge on any atom is 0.0926 e. The van der Waals surface area contributed by atoms with E-state index in [0.717, 1.165) is 31.2 Å². The fraction of sp³-hybridized carbons (Fsp3) is 0.588. The van der Waals surface area contributed by atoms with Gasteiger partial charge >= 0.3 is 0 Å². The number of aromatic nitrogens is 2. The van der Waals surface area contributed by atoms with Crippen LogP contribution in [-0.4, -0.2) is 21.0 Å². The van der Waals surface area contributed by atoms with Crippen LogP contribution in [0.5, 0.6) is 0 Å². The van der Waals surface area contributed by atoms with E-state index in [1.807, 2.05) is 0 Å². The second kappa shape index (κ2) is 5.21. The van der Waals surface area contributed by atoms with Crippen molar-refractivity contribution in [3.8, 4) is 0 Å². The molecule has 1 N–H and O–H groups in total. The van der Waals surface area contributed by atoms with Crippen LogP contribution in [0.4, 0.5) is 0 Å². The minimum Gasteiger partial charge on any atom is -0.393 e. The Bertz CT molecular complexity index is 615. The first-order chi connectivity index (χ1) is 9.54. The zero-order valence-electron chi connectivity index (χ0n) is 12.6. The Morgan fingerprint density at radius 1 is 1.30 bits per heavy atom. The number of aliphatic hydroxyl groups excluding tert-OH is 1. The summed E-state index contributed by atoms with van der Waals surface area (Å²) in [5.74, 6) is 0.541. The lowest BCUT2D eigenvalue weighted by Crippen LogP contribution is -2.22. The van der Waals surface area contributed by atoms with Gasteiger partial charge in [0, 0.05) is 11.6 Å². The first-order valence-corrected chi connectivity index (χ1v) is 7.72. The molecule has 0 spiro atoms. The second-order valence-electron chi connectivity index (χ2n) is 6.51. The Balaban J connectivity index is 1.98. The van der Waals surface area contributed by atoms with Crippen molar-refractivity contribution < 1.29 is 5.11 Å². The molecule has 1 saturated carbocycles. The maximum absolute atomic E-state index is 9.84. The molecule has 1 aliphatic carbocycles. The Hall–Kier alpha value is -1.35. The van der Waals surface area contributed by atoms with Crippen molar-refractivity contribution >= 4 is 10.9 Å². The van der Waals surface area contributed by atoms with Crippen LogP contribution in [0.2, 0.25) is 0 Å². The Kier molecular flexibility index (Phi) is 3.55. The third-order valence-electron chi connectivity index (χ3n) is 4.52. The molecule has 3 rings (SSSR count). The number of aliphatic hydroxyl groups is 1. The minimum absolute atomic E-state index is 0.158. The number of benzene rings is 1. The van der Waals surface area contributed by atoms with Crippen LogP contribution >= 0.6 is 0 Å². The third kappa shape index (κ3) is 2.47. The summed E-state index contributed by atoms with van der Waals surface area (Å²) in [6.45, 7) is 6.63. The van der Waals surface area contributed by atoms with Crippen LogP contribution in [0.25, 0.3) is 10.9 Å². The van der Waals surface area contributed by atoms with Crippen molar-refractivity contribution in [1.29, 1.82) is 0 Å². The third-order valence-corrected chi connectivity index (χ3v) is 4.52. The molecule has 1 aromatic carbocycles. The number of aryl methyl sites for hydroxylation is 1. The summed E-state index contributed by atoms with van der Waals surface area (Å²) >= 11 is 0. The predicted octanol–water partition coefficient (Wildman–Crippen LogP) is 3.94. The molecule has 0 amide bonds. The van der Waals surface area contributed by atoms with E-state index < -0.39 is 0 Å². The number of nitrogens with zero attached hydrogens (tertiary/aromatic N) is 2. The van der Waals surface area contributed by atoms with Crippen molar-refractivity contribution in [2.24, 2.45) is 0 Å². The largest absolute Gasteiger partial charge is 0.393 e. The molecular formula is C17H24N2O. The fourth-order valence-electron chi connectivity index (χ4n) is 3.40. The standard InChI is InChI=1S/C17H24N2O/c1-11(2)16-8-13-10-19(18-17(13)7-12(16)3)14-5-4-6-15(20)9-14/h7-8,10-11,14-15,20H,4-6,9H2,1-3H3/t14-,15-/m0/s1. The molecule has 3 heteroatoms.